The predicted molar refractivity (Wildman–Crippen MR) is 33.0 cm³/mol. The molecule has 54 valence electrons. The summed E-state index contributed by atoms with van der Waals surface area (Å²) in [7, 11) is 0. The van der Waals surface area contributed by atoms with Crippen LogP contribution in [0.15, 0.2) is 12.4 Å². The molecule has 0 saturated carbocycles. The molecule has 5 nitrogen and oxygen atoms in total. The van der Waals surface area contributed by atoms with Crippen LogP contribution in [0.25, 0.3) is 0 Å². The maximum atomic E-state index is 10.3. The zero-order valence-electron chi connectivity index (χ0n) is 6.03. The minimum atomic E-state index is -0.608. The molecule has 0 atom stereocenters. The molecule has 1 aromatic heterocycles. The summed E-state index contributed by atoms with van der Waals surface area (Å²) in [6, 6.07) is 0. The largest absolute Gasteiger partial charge is 1.00 e. The minimum Gasteiger partial charge on any atom is -0.415 e. The second-order valence-electron chi connectivity index (χ2n) is 1.38. The first-order valence-corrected chi connectivity index (χ1v) is 2.29. The van der Waals surface area contributed by atoms with Gasteiger partial charge in [-0.25, -0.2) is 0 Å². The molecule has 0 aliphatic heterocycles. The zero-order valence-corrected chi connectivity index (χ0v) is 8.03. The molecule has 1 heterocycles. The Morgan fingerprint density at radius 2 is 2.18 bits per heavy atom. The first-order valence-electron chi connectivity index (χ1n) is 2.29. The molecule has 6 heteroatoms. The maximum absolute atomic E-state index is 10.3. The number of hydrogen-bond donors (Lipinski definition) is 1. The topological polar surface area (TPSA) is 100 Å². The van der Waals surface area contributed by atoms with Crippen molar-refractivity contribution in [3.63, 3.8) is 0 Å². The molecular formula is C5H6N3NaO2. The number of rotatable bonds is 1. The van der Waals surface area contributed by atoms with E-state index < -0.39 is 5.91 Å². The summed E-state index contributed by atoms with van der Waals surface area (Å²) in [5, 5.41) is 0. The van der Waals surface area contributed by atoms with E-state index in [4.69, 9.17) is 5.73 Å². The fourth-order valence-corrected chi connectivity index (χ4v) is 0.387. The van der Waals surface area contributed by atoms with E-state index >= 15 is 0 Å². The first kappa shape index (κ1) is 13.1. The quantitative estimate of drug-likeness (QED) is 0.334. The Kier molecular flexibility index (Phi) is 7.44. The molecule has 0 aromatic carbocycles. The van der Waals surface area contributed by atoms with E-state index in [9.17, 15) is 4.79 Å². The van der Waals surface area contributed by atoms with Crippen LogP contribution in [0.5, 0.6) is 0 Å². The smallest absolute Gasteiger partial charge is 0.415 e. The third kappa shape index (κ3) is 4.05. The molecule has 0 fully saturated rings. The second-order valence-corrected chi connectivity index (χ2v) is 1.38. The van der Waals surface area contributed by atoms with Crippen molar-refractivity contribution in [1.82, 2.24) is 9.97 Å². The number of nitrogens with two attached hydrogens (primary N) is 1. The molecule has 0 spiro atoms. The second kappa shape index (κ2) is 6.23. The van der Waals surface area contributed by atoms with Crippen LogP contribution in [-0.2, 0) is 0 Å². The molecule has 0 aliphatic carbocycles. The van der Waals surface area contributed by atoms with Crippen molar-refractivity contribution in [1.29, 1.82) is 0 Å². The fraction of sp³-hybridized carbons (Fsp3) is 0. The van der Waals surface area contributed by atoms with Gasteiger partial charge in [-0.2, -0.15) is 0 Å². The van der Waals surface area contributed by atoms with Crippen LogP contribution in [0, 0.1) is 6.20 Å². The number of carbonyl (C=O) groups excluding carboxylic acids is 1. The summed E-state index contributed by atoms with van der Waals surface area (Å²) in [6.07, 6.45) is 5.14. The normalized spacial score (nSPS) is 7.27. The van der Waals surface area contributed by atoms with Crippen molar-refractivity contribution >= 4 is 5.91 Å². The molecule has 0 aliphatic rings. The van der Waals surface area contributed by atoms with E-state index in [0.717, 1.165) is 0 Å². The van der Waals surface area contributed by atoms with E-state index in [0.29, 0.717) is 0 Å². The number of primary amides is 1. The van der Waals surface area contributed by atoms with Gasteiger partial charge >= 0.3 is 29.6 Å². The SMILES string of the molecule is NC(=O)c1[c-]nccn1.O.[Na+]. The van der Waals surface area contributed by atoms with E-state index in [1.807, 2.05) is 0 Å². The van der Waals surface area contributed by atoms with Crippen molar-refractivity contribution in [3.8, 4) is 0 Å². The Morgan fingerprint density at radius 3 is 2.45 bits per heavy atom. The van der Waals surface area contributed by atoms with Crippen molar-refractivity contribution in [2.45, 2.75) is 0 Å². The van der Waals surface area contributed by atoms with Crippen LogP contribution in [0.3, 0.4) is 0 Å². The summed E-state index contributed by atoms with van der Waals surface area (Å²) in [5.74, 6) is -0.608. The van der Waals surface area contributed by atoms with Crippen LogP contribution in [0.2, 0.25) is 0 Å². The van der Waals surface area contributed by atoms with Gasteiger partial charge in [0.25, 0.3) is 0 Å². The predicted octanol–water partition coefficient (Wildman–Crippen LogP) is -4.45. The molecule has 1 rings (SSSR count). The van der Waals surface area contributed by atoms with Crippen LogP contribution in [0.1, 0.15) is 10.5 Å². The van der Waals surface area contributed by atoms with Gasteiger partial charge in [-0.15, -0.1) is 0 Å². The third-order valence-electron chi connectivity index (χ3n) is 0.749. The Bertz CT molecular complexity index is 216. The van der Waals surface area contributed by atoms with Gasteiger partial charge in [0.1, 0.15) is 0 Å². The number of carbonyl (C=O) groups is 1. The van der Waals surface area contributed by atoms with Crippen molar-refractivity contribution < 1.29 is 39.8 Å². The Labute approximate surface area is 85.6 Å². The van der Waals surface area contributed by atoms with Crippen molar-refractivity contribution in [3.05, 3.63) is 24.3 Å². The van der Waals surface area contributed by atoms with E-state index in [1.165, 1.54) is 12.4 Å². The Morgan fingerprint density at radius 1 is 1.55 bits per heavy atom. The van der Waals surface area contributed by atoms with Crippen LogP contribution in [-0.4, -0.2) is 21.4 Å². The molecule has 0 bridgehead atoms. The fourth-order valence-electron chi connectivity index (χ4n) is 0.387. The molecule has 1 aromatic rings. The number of nitrogens with zero attached hydrogens (tertiary/aromatic N) is 2. The van der Waals surface area contributed by atoms with Crippen LogP contribution in [0.4, 0.5) is 0 Å². The number of hydrogen-bond acceptors (Lipinski definition) is 3. The van der Waals surface area contributed by atoms with E-state index in [-0.39, 0.29) is 40.7 Å². The van der Waals surface area contributed by atoms with Crippen LogP contribution >= 0.6 is 0 Å². The van der Waals surface area contributed by atoms with E-state index in [1.54, 1.807) is 0 Å². The molecule has 0 unspecified atom stereocenters. The van der Waals surface area contributed by atoms with Gasteiger partial charge in [-0.1, -0.05) is 6.20 Å². The monoisotopic (exact) mass is 163 g/mol. The van der Waals surface area contributed by atoms with Gasteiger partial charge in [0.15, 0.2) is 5.91 Å². The Balaban J connectivity index is 0. The summed E-state index contributed by atoms with van der Waals surface area (Å²) in [6.45, 7) is 0. The zero-order chi connectivity index (χ0) is 6.69. The molecule has 0 saturated heterocycles. The van der Waals surface area contributed by atoms with Gasteiger partial charge in [0, 0.05) is 5.69 Å². The van der Waals surface area contributed by atoms with Gasteiger partial charge in [-0.05, 0) is 12.4 Å². The summed E-state index contributed by atoms with van der Waals surface area (Å²) >= 11 is 0. The van der Waals surface area contributed by atoms with Crippen molar-refractivity contribution in [2.75, 3.05) is 0 Å². The Hall–Kier alpha value is -0.490. The summed E-state index contributed by atoms with van der Waals surface area (Å²) in [5.41, 5.74) is 4.91. The van der Waals surface area contributed by atoms with Crippen molar-refractivity contribution in [2.24, 2.45) is 5.73 Å². The summed E-state index contributed by atoms with van der Waals surface area (Å²) < 4.78 is 0. The van der Waals surface area contributed by atoms with Crippen LogP contribution < -0.4 is 35.3 Å². The molecular weight excluding hydrogens is 157 g/mol. The van der Waals surface area contributed by atoms with Gasteiger partial charge in [0.05, 0.1) is 0 Å². The minimum absolute atomic E-state index is 0. The molecule has 11 heavy (non-hydrogen) atoms. The van der Waals surface area contributed by atoms with Gasteiger partial charge < -0.3 is 21.0 Å². The number of amides is 1. The summed E-state index contributed by atoms with van der Waals surface area (Å²) in [4.78, 5) is 17.4. The number of aromatic nitrogens is 2. The third-order valence-corrected chi connectivity index (χ3v) is 0.749. The molecule has 1 amide bonds. The average Bonchev–Trinajstić information content (AvgIpc) is 1.90. The van der Waals surface area contributed by atoms with Gasteiger partial charge in [-0.3, -0.25) is 4.98 Å². The maximum Gasteiger partial charge on any atom is 1.00 e. The van der Waals surface area contributed by atoms with Gasteiger partial charge in [0.2, 0.25) is 0 Å². The van der Waals surface area contributed by atoms with E-state index in [2.05, 4.69) is 16.2 Å². The first-order chi connectivity index (χ1) is 4.30. The standard InChI is InChI=1S/C5H4N3O.Na.H2O/c6-5(9)4-3-7-1-2-8-4;;/h1-2H,(H2,6,9);;1H2/q-1;+1;. The average molecular weight is 163 g/mol. The molecule has 0 radical (unpaired) electrons. The molecule has 4 N–H and O–H groups in total.